The minimum atomic E-state index is -0.462. The van der Waals surface area contributed by atoms with Crippen molar-refractivity contribution in [3.8, 4) is 0 Å². The van der Waals surface area contributed by atoms with Crippen LogP contribution in [0.5, 0.6) is 0 Å². The van der Waals surface area contributed by atoms with Crippen LogP contribution in [0.15, 0.2) is 24.3 Å². The first-order valence-corrected chi connectivity index (χ1v) is 8.29. The fourth-order valence-corrected chi connectivity index (χ4v) is 3.95. The number of benzene rings is 1. The predicted molar refractivity (Wildman–Crippen MR) is 85.6 cm³/mol. The molecule has 118 valence electrons. The maximum absolute atomic E-state index is 12.6. The summed E-state index contributed by atoms with van der Waals surface area (Å²) in [4.78, 5) is 25.6. The molecule has 1 aliphatic carbocycles. The van der Waals surface area contributed by atoms with Crippen LogP contribution in [0.4, 0.5) is 0 Å². The van der Waals surface area contributed by atoms with Gasteiger partial charge in [0.25, 0.3) is 5.91 Å². The zero-order valence-corrected chi connectivity index (χ0v) is 13.0. The molecule has 4 heteroatoms. The van der Waals surface area contributed by atoms with Crippen molar-refractivity contribution in [1.29, 1.82) is 0 Å². The lowest BCUT2D eigenvalue weighted by Gasteiger charge is -2.44. The first-order valence-electron chi connectivity index (χ1n) is 8.29. The van der Waals surface area contributed by atoms with E-state index in [1.807, 2.05) is 4.90 Å². The highest BCUT2D eigenvalue weighted by Crippen LogP contribution is 2.44. The number of hydrogen-bond acceptors (Lipinski definition) is 2. The highest BCUT2D eigenvalue weighted by molar-refractivity contribution is 5.97. The Hall–Kier alpha value is -1.84. The average Bonchev–Trinajstić information content (AvgIpc) is 2.56. The highest BCUT2D eigenvalue weighted by atomic mass is 16.2. The Labute approximate surface area is 131 Å². The molecule has 2 fully saturated rings. The van der Waals surface area contributed by atoms with E-state index in [9.17, 15) is 9.59 Å². The molecule has 1 saturated carbocycles. The Balaban J connectivity index is 1.63. The lowest BCUT2D eigenvalue weighted by atomic mass is 9.68. The molecule has 0 atom stereocenters. The number of carbonyl (C=O) groups excluding carboxylic acids is 2. The molecule has 1 aromatic carbocycles. The van der Waals surface area contributed by atoms with E-state index in [4.69, 9.17) is 5.73 Å². The Morgan fingerprint density at radius 2 is 1.41 bits per heavy atom. The molecule has 4 nitrogen and oxygen atoms in total. The first kappa shape index (κ1) is 15.1. The maximum Gasteiger partial charge on any atom is 0.253 e. The number of hydrogen-bond donors (Lipinski definition) is 1. The fraction of sp³-hybridized carbons (Fsp3) is 0.556. The van der Waals surface area contributed by atoms with E-state index >= 15 is 0 Å². The van der Waals surface area contributed by atoms with Gasteiger partial charge in [-0.05, 0) is 55.4 Å². The van der Waals surface area contributed by atoms with E-state index < -0.39 is 5.91 Å². The van der Waals surface area contributed by atoms with Gasteiger partial charge < -0.3 is 10.6 Å². The molecule has 1 spiro atoms. The van der Waals surface area contributed by atoms with E-state index in [2.05, 4.69) is 0 Å². The van der Waals surface area contributed by atoms with Crippen LogP contribution in [0.25, 0.3) is 0 Å². The number of likely N-dealkylation sites (tertiary alicyclic amines) is 1. The highest BCUT2D eigenvalue weighted by Gasteiger charge is 2.36. The fourth-order valence-electron chi connectivity index (χ4n) is 3.95. The largest absolute Gasteiger partial charge is 0.366 e. The van der Waals surface area contributed by atoms with Gasteiger partial charge in [-0.3, -0.25) is 9.59 Å². The predicted octanol–water partition coefficient (Wildman–Crippen LogP) is 2.97. The van der Waals surface area contributed by atoms with Crippen molar-refractivity contribution < 1.29 is 9.59 Å². The summed E-state index contributed by atoms with van der Waals surface area (Å²) in [5.74, 6) is -0.391. The van der Waals surface area contributed by atoms with Crippen LogP contribution in [-0.2, 0) is 0 Å². The lowest BCUT2D eigenvalue weighted by molar-refractivity contribution is 0.0472. The van der Waals surface area contributed by atoms with Gasteiger partial charge in [0, 0.05) is 24.2 Å². The molecule has 0 radical (unpaired) electrons. The summed E-state index contributed by atoms with van der Waals surface area (Å²) in [6.45, 7) is 1.72. The molecule has 0 bridgehead atoms. The monoisotopic (exact) mass is 300 g/mol. The molecule has 22 heavy (non-hydrogen) atoms. The summed E-state index contributed by atoms with van der Waals surface area (Å²) in [5, 5.41) is 0. The lowest BCUT2D eigenvalue weighted by Crippen LogP contribution is -2.43. The van der Waals surface area contributed by atoms with Crippen molar-refractivity contribution in [2.75, 3.05) is 13.1 Å². The number of nitrogens with zero attached hydrogens (tertiary/aromatic N) is 1. The first-order chi connectivity index (χ1) is 10.6. The molecule has 1 heterocycles. The molecule has 2 aliphatic rings. The Bertz CT molecular complexity index is 549. The second-order valence-electron chi connectivity index (χ2n) is 6.79. The van der Waals surface area contributed by atoms with Crippen LogP contribution in [0.3, 0.4) is 0 Å². The number of nitrogens with two attached hydrogens (primary N) is 1. The minimum absolute atomic E-state index is 0.0710. The van der Waals surface area contributed by atoms with E-state index in [0.717, 1.165) is 25.9 Å². The summed E-state index contributed by atoms with van der Waals surface area (Å²) in [5.41, 5.74) is 6.82. The van der Waals surface area contributed by atoms with Crippen molar-refractivity contribution >= 4 is 11.8 Å². The number of primary amides is 1. The summed E-state index contributed by atoms with van der Waals surface area (Å²) in [6, 6.07) is 6.66. The average molecular weight is 300 g/mol. The molecule has 2 N–H and O–H groups in total. The third-order valence-corrected chi connectivity index (χ3v) is 5.44. The van der Waals surface area contributed by atoms with Crippen LogP contribution in [-0.4, -0.2) is 29.8 Å². The Morgan fingerprint density at radius 1 is 0.864 bits per heavy atom. The smallest absolute Gasteiger partial charge is 0.253 e. The molecular formula is C18H24N2O2. The van der Waals surface area contributed by atoms with Crippen molar-refractivity contribution in [3.63, 3.8) is 0 Å². The van der Waals surface area contributed by atoms with Gasteiger partial charge in [-0.25, -0.2) is 0 Å². The number of carbonyl (C=O) groups is 2. The molecule has 2 amide bonds. The van der Waals surface area contributed by atoms with E-state index in [-0.39, 0.29) is 5.91 Å². The second kappa shape index (κ2) is 6.11. The van der Waals surface area contributed by atoms with Gasteiger partial charge in [-0.15, -0.1) is 0 Å². The molecule has 1 saturated heterocycles. The van der Waals surface area contributed by atoms with Gasteiger partial charge in [-0.2, -0.15) is 0 Å². The molecule has 1 aromatic rings. The second-order valence-corrected chi connectivity index (χ2v) is 6.79. The van der Waals surface area contributed by atoms with E-state index in [1.54, 1.807) is 24.3 Å². The van der Waals surface area contributed by atoms with Gasteiger partial charge in [-0.1, -0.05) is 19.3 Å². The third-order valence-electron chi connectivity index (χ3n) is 5.44. The normalized spacial score (nSPS) is 20.8. The maximum atomic E-state index is 12.6. The number of rotatable bonds is 2. The van der Waals surface area contributed by atoms with Crippen LogP contribution < -0.4 is 5.73 Å². The molecular weight excluding hydrogens is 276 g/mol. The van der Waals surface area contributed by atoms with Crippen LogP contribution >= 0.6 is 0 Å². The van der Waals surface area contributed by atoms with Crippen LogP contribution in [0.1, 0.15) is 65.7 Å². The molecule has 1 aliphatic heterocycles. The summed E-state index contributed by atoms with van der Waals surface area (Å²) < 4.78 is 0. The molecule has 3 rings (SSSR count). The topological polar surface area (TPSA) is 63.4 Å². The molecule has 0 aromatic heterocycles. The number of piperidine rings is 1. The summed E-state index contributed by atoms with van der Waals surface area (Å²) in [6.07, 6.45) is 9.02. The SMILES string of the molecule is NC(=O)c1ccc(C(=O)N2CCC3(CCCCC3)CC2)cc1. The zero-order valence-electron chi connectivity index (χ0n) is 13.0. The standard InChI is InChI=1S/C18H24N2O2/c19-16(21)14-4-6-15(7-5-14)17(22)20-12-10-18(11-13-20)8-2-1-3-9-18/h4-7H,1-3,8-13H2,(H2,19,21). The third kappa shape index (κ3) is 3.01. The Kier molecular flexibility index (Phi) is 4.19. The van der Waals surface area contributed by atoms with Gasteiger partial charge in [0.05, 0.1) is 0 Å². The van der Waals surface area contributed by atoms with Crippen molar-refractivity contribution in [1.82, 2.24) is 4.90 Å². The van der Waals surface area contributed by atoms with Crippen LogP contribution in [0, 0.1) is 5.41 Å². The van der Waals surface area contributed by atoms with Gasteiger partial charge in [0.15, 0.2) is 0 Å². The molecule has 0 unspecified atom stereocenters. The minimum Gasteiger partial charge on any atom is -0.366 e. The van der Waals surface area contributed by atoms with Crippen molar-refractivity contribution in [2.45, 2.75) is 44.9 Å². The van der Waals surface area contributed by atoms with E-state index in [0.29, 0.717) is 16.5 Å². The van der Waals surface area contributed by atoms with Crippen LogP contribution in [0.2, 0.25) is 0 Å². The number of amides is 2. The summed E-state index contributed by atoms with van der Waals surface area (Å²) in [7, 11) is 0. The van der Waals surface area contributed by atoms with Gasteiger partial charge in [0.1, 0.15) is 0 Å². The van der Waals surface area contributed by atoms with Gasteiger partial charge in [0.2, 0.25) is 5.91 Å². The van der Waals surface area contributed by atoms with Gasteiger partial charge >= 0.3 is 0 Å². The Morgan fingerprint density at radius 3 is 1.95 bits per heavy atom. The zero-order chi connectivity index (χ0) is 15.6. The van der Waals surface area contributed by atoms with Crippen molar-refractivity contribution in [3.05, 3.63) is 35.4 Å². The van der Waals surface area contributed by atoms with E-state index in [1.165, 1.54) is 32.1 Å². The quantitative estimate of drug-likeness (QED) is 0.912. The summed E-state index contributed by atoms with van der Waals surface area (Å²) >= 11 is 0. The van der Waals surface area contributed by atoms with Crippen molar-refractivity contribution in [2.24, 2.45) is 11.1 Å².